The summed E-state index contributed by atoms with van der Waals surface area (Å²) in [5.41, 5.74) is 1.69. The number of halogens is 2. The molecule has 1 aliphatic heterocycles. The fourth-order valence-corrected chi connectivity index (χ4v) is 5.72. The number of phenolic OH excluding ortho intramolecular Hbond substituents is 1. The molecular weight excluding hydrogens is 454 g/mol. The molecule has 0 atom stereocenters. The van der Waals surface area contributed by atoms with Gasteiger partial charge in [-0.05, 0) is 42.7 Å². The highest BCUT2D eigenvalue weighted by atomic mass is 32.2. The van der Waals surface area contributed by atoms with Gasteiger partial charge in [0.15, 0.2) is 4.90 Å². The van der Waals surface area contributed by atoms with E-state index in [1.54, 1.807) is 13.0 Å². The molecule has 176 valence electrons. The standard InChI is InChI=1S/C23H24F2N2O5S/c1-3-15-12-16-14(2)11-20(28)32-22(16)17(21(15)29)13-26-7-9-27(10-8-26)33(30,31)23-18(24)5-4-6-19(23)25/h4-6,11-12,29H,3,7-10,13H2,1-2H3. The van der Waals surface area contributed by atoms with Crippen LogP contribution in [0.15, 0.2) is 44.4 Å². The minimum absolute atomic E-state index is 0.0191. The molecule has 33 heavy (non-hydrogen) atoms. The Labute approximate surface area is 189 Å². The molecule has 1 aromatic heterocycles. The van der Waals surface area contributed by atoms with Crippen molar-refractivity contribution < 1.29 is 26.7 Å². The first-order valence-corrected chi connectivity index (χ1v) is 12.0. The average molecular weight is 479 g/mol. The minimum Gasteiger partial charge on any atom is -0.507 e. The number of sulfonamides is 1. The van der Waals surface area contributed by atoms with Crippen LogP contribution in [0.3, 0.4) is 0 Å². The first-order valence-electron chi connectivity index (χ1n) is 10.6. The van der Waals surface area contributed by atoms with Crippen LogP contribution < -0.4 is 5.63 Å². The van der Waals surface area contributed by atoms with Crippen molar-refractivity contribution in [2.45, 2.75) is 31.7 Å². The summed E-state index contributed by atoms with van der Waals surface area (Å²) in [6.45, 7) is 4.50. The first kappa shape index (κ1) is 23.3. The smallest absolute Gasteiger partial charge is 0.336 e. The number of aryl methyl sites for hydroxylation is 2. The summed E-state index contributed by atoms with van der Waals surface area (Å²) >= 11 is 0. The second-order valence-electron chi connectivity index (χ2n) is 8.07. The SMILES string of the molecule is CCc1cc2c(C)cc(=O)oc2c(CN2CCN(S(=O)(=O)c3c(F)cccc3F)CC2)c1O. The zero-order valence-electron chi connectivity index (χ0n) is 18.3. The molecule has 3 aromatic rings. The van der Waals surface area contributed by atoms with E-state index in [4.69, 9.17) is 4.42 Å². The summed E-state index contributed by atoms with van der Waals surface area (Å²) < 4.78 is 60.3. The molecule has 2 heterocycles. The Balaban J connectivity index is 1.60. The molecule has 0 radical (unpaired) electrons. The van der Waals surface area contributed by atoms with E-state index in [-0.39, 0.29) is 38.5 Å². The zero-order chi connectivity index (χ0) is 23.9. The van der Waals surface area contributed by atoms with Crippen molar-refractivity contribution in [3.63, 3.8) is 0 Å². The van der Waals surface area contributed by atoms with E-state index in [1.807, 2.05) is 11.8 Å². The molecular formula is C23H24F2N2O5S. The maximum absolute atomic E-state index is 14.1. The van der Waals surface area contributed by atoms with Crippen molar-refractivity contribution in [2.75, 3.05) is 26.2 Å². The van der Waals surface area contributed by atoms with Gasteiger partial charge < -0.3 is 9.52 Å². The molecule has 7 nitrogen and oxygen atoms in total. The normalized spacial score (nSPS) is 15.9. The van der Waals surface area contributed by atoms with Gasteiger partial charge >= 0.3 is 5.63 Å². The van der Waals surface area contributed by atoms with E-state index in [2.05, 4.69) is 0 Å². The molecule has 0 spiro atoms. The average Bonchev–Trinajstić information content (AvgIpc) is 2.76. The highest BCUT2D eigenvalue weighted by molar-refractivity contribution is 7.89. The van der Waals surface area contributed by atoms with Crippen LogP contribution in [-0.2, 0) is 23.0 Å². The number of rotatable bonds is 5. The van der Waals surface area contributed by atoms with E-state index in [0.717, 1.165) is 33.5 Å². The van der Waals surface area contributed by atoms with Crippen LogP contribution >= 0.6 is 0 Å². The Morgan fingerprint density at radius 3 is 2.33 bits per heavy atom. The molecule has 0 bridgehead atoms. The van der Waals surface area contributed by atoms with Crippen LogP contribution in [0.2, 0.25) is 0 Å². The van der Waals surface area contributed by atoms with Crippen LogP contribution in [0.25, 0.3) is 11.0 Å². The lowest BCUT2D eigenvalue weighted by molar-refractivity contribution is 0.179. The molecule has 4 rings (SSSR count). The van der Waals surface area contributed by atoms with Crippen molar-refractivity contribution in [1.82, 2.24) is 9.21 Å². The molecule has 0 unspecified atom stereocenters. The van der Waals surface area contributed by atoms with E-state index in [0.29, 0.717) is 23.1 Å². The molecule has 1 N–H and O–H groups in total. The van der Waals surface area contributed by atoms with E-state index >= 15 is 0 Å². The second kappa shape index (κ2) is 8.85. The lowest BCUT2D eigenvalue weighted by atomic mass is 9.99. The van der Waals surface area contributed by atoms with Gasteiger partial charge in [-0.1, -0.05) is 13.0 Å². The topological polar surface area (TPSA) is 91.1 Å². The van der Waals surface area contributed by atoms with Crippen molar-refractivity contribution in [1.29, 1.82) is 0 Å². The van der Waals surface area contributed by atoms with Gasteiger partial charge in [-0.2, -0.15) is 4.31 Å². The summed E-state index contributed by atoms with van der Waals surface area (Å²) in [6, 6.07) is 6.14. The lowest BCUT2D eigenvalue weighted by Gasteiger charge is -2.34. The van der Waals surface area contributed by atoms with Gasteiger partial charge in [0.25, 0.3) is 0 Å². The molecule has 0 aliphatic carbocycles. The number of nitrogens with zero attached hydrogens (tertiary/aromatic N) is 2. The summed E-state index contributed by atoms with van der Waals surface area (Å²) in [5, 5.41) is 11.5. The fourth-order valence-electron chi connectivity index (χ4n) is 4.19. The number of hydrogen-bond donors (Lipinski definition) is 1. The number of benzene rings is 2. The Morgan fingerprint density at radius 2 is 1.73 bits per heavy atom. The van der Waals surface area contributed by atoms with Crippen LogP contribution in [-0.4, -0.2) is 48.9 Å². The molecule has 0 amide bonds. The van der Waals surface area contributed by atoms with Crippen molar-refractivity contribution >= 4 is 21.0 Å². The van der Waals surface area contributed by atoms with Crippen molar-refractivity contribution in [3.8, 4) is 5.75 Å². The number of fused-ring (bicyclic) bond motifs is 1. The highest BCUT2D eigenvalue weighted by Crippen LogP contribution is 2.34. The third-order valence-electron chi connectivity index (χ3n) is 6.00. The van der Waals surface area contributed by atoms with E-state index < -0.39 is 32.2 Å². The molecule has 1 saturated heterocycles. The Hall–Kier alpha value is -2.82. The van der Waals surface area contributed by atoms with Crippen LogP contribution in [0.1, 0.15) is 23.6 Å². The van der Waals surface area contributed by atoms with Gasteiger partial charge in [0, 0.05) is 44.2 Å². The van der Waals surface area contributed by atoms with E-state index in [1.165, 1.54) is 6.07 Å². The third-order valence-corrected chi connectivity index (χ3v) is 7.95. The van der Waals surface area contributed by atoms with Crippen molar-refractivity contribution in [3.05, 3.63) is 69.1 Å². The largest absolute Gasteiger partial charge is 0.507 e. The number of phenols is 1. The summed E-state index contributed by atoms with van der Waals surface area (Å²) in [7, 11) is -4.34. The van der Waals surface area contributed by atoms with E-state index in [9.17, 15) is 27.1 Å². The Morgan fingerprint density at radius 1 is 1.09 bits per heavy atom. The first-order chi connectivity index (χ1) is 15.6. The number of aromatic hydroxyl groups is 1. The minimum atomic E-state index is -4.34. The Bertz CT molecular complexity index is 1360. The van der Waals surface area contributed by atoms with Gasteiger partial charge in [0.05, 0.1) is 5.56 Å². The monoisotopic (exact) mass is 478 g/mol. The molecule has 2 aromatic carbocycles. The van der Waals surface area contributed by atoms with Gasteiger partial charge in [0.2, 0.25) is 10.0 Å². The van der Waals surface area contributed by atoms with Crippen LogP contribution in [0.4, 0.5) is 8.78 Å². The lowest BCUT2D eigenvalue weighted by Crippen LogP contribution is -2.48. The van der Waals surface area contributed by atoms with Gasteiger partial charge in [-0.25, -0.2) is 22.0 Å². The predicted octanol–water partition coefficient (Wildman–Crippen LogP) is 3.15. The molecule has 0 saturated carbocycles. The summed E-state index contributed by atoms with van der Waals surface area (Å²) in [4.78, 5) is 12.9. The molecule has 10 heteroatoms. The highest BCUT2D eigenvalue weighted by Gasteiger charge is 2.33. The predicted molar refractivity (Wildman–Crippen MR) is 119 cm³/mol. The summed E-state index contributed by atoms with van der Waals surface area (Å²) in [5.74, 6) is -2.21. The molecule has 1 fully saturated rings. The number of piperazine rings is 1. The Kier molecular flexibility index (Phi) is 6.26. The fraction of sp³-hybridized carbons (Fsp3) is 0.348. The number of hydrogen-bond acceptors (Lipinski definition) is 6. The maximum atomic E-state index is 14.1. The van der Waals surface area contributed by atoms with Crippen LogP contribution in [0.5, 0.6) is 5.75 Å². The van der Waals surface area contributed by atoms with Gasteiger partial charge in [0.1, 0.15) is 23.0 Å². The molecule has 1 aliphatic rings. The summed E-state index contributed by atoms with van der Waals surface area (Å²) in [6.07, 6.45) is 0.577. The third kappa shape index (κ3) is 4.25. The van der Waals surface area contributed by atoms with Crippen molar-refractivity contribution in [2.24, 2.45) is 0 Å². The van der Waals surface area contributed by atoms with Gasteiger partial charge in [-0.15, -0.1) is 0 Å². The second-order valence-corrected chi connectivity index (χ2v) is 9.95. The van der Waals surface area contributed by atoms with Crippen LogP contribution in [0, 0.1) is 18.6 Å². The maximum Gasteiger partial charge on any atom is 0.336 e. The quantitative estimate of drug-likeness (QED) is 0.567. The van der Waals surface area contributed by atoms with Gasteiger partial charge in [-0.3, -0.25) is 4.90 Å². The zero-order valence-corrected chi connectivity index (χ0v) is 19.1.